The quantitative estimate of drug-likeness (QED) is 0.286. The summed E-state index contributed by atoms with van der Waals surface area (Å²) in [6.45, 7) is 20.8. The predicted molar refractivity (Wildman–Crippen MR) is 150 cm³/mol. The van der Waals surface area contributed by atoms with Crippen LogP contribution in [0, 0.1) is 41.7 Å². The first-order valence-electron chi connectivity index (χ1n) is 11.5. The van der Waals surface area contributed by atoms with Crippen LogP contribution in [-0.2, 0) is 0 Å². The minimum absolute atomic E-state index is 0. The first kappa shape index (κ1) is 34.6. The third kappa shape index (κ3) is 10.5. The fourth-order valence-corrected chi connectivity index (χ4v) is 3.93. The molecule has 0 radical (unpaired) electrons. The van der Waals surface area contributed by atoms with Crippen molar-refractivity contribution < 1.29 is 42.5 Å². The maximum Gasteiger partial charge on any atom is 1.00 e. The first-order valence-corrected chi connectivity index (χ1v) is 12.3. The Kier molecular flexibility index (Phi) is 18.1. The zero-order valence-corrected chi connectivity index (χ0v) is 23.7. The summed E-state index contributed by atoms with van der Waals surface area (Å²) >= 11 is 3.39. The van der Waals surface area contributed by atoms with Gasteiger partial charge in [0.15, 0.2) is 0 Å². The number of allylic oxidation sites excluding steroid dienone is 2. The molecule has 3 aromatic rings. The molecule has 3 nitrogen and oxygen atoms in total. The topological polar surface area (TPSA) is 25.4 Å². The van der Waals surface area contributed by atoms with Gasteiger partial charge in [0.1, 0.15) is 0 Å². The molecule has 0 N–H and O–H groups in total. The van der Waals surface area contributed by atoms with Gasteiger partial charge in [0.2, 0.25) is 0 Å². The Labute approximate surface area is 252 Å². The van der Waals surface area contributed by atoms with Crippen LogP contribution in [0.1, 0.15) is 43.2 Å². The van der Waals surface area contributed by atoms with E-state index in [1.54, 1.807) is 11.8 Å². The van der Waals surface area contributed by atoms with E-state index in [0.717, 1.165) is 46.0 Å². The van der Waals surface area contributed by atoms with Crippen molar-refractivity contribution >= 4 is 32.5 Å². The van der Waals surface area contributed by atoms with Crippen LogP contribution in [-0.4, -0.2) is 18.1 Å². The molecule has 1 aromatic heterocycles. The molecule has 4 rings (SSSR count). The molecule has 0 saturated carbocycles. The average Bonchev–Trinajstić information content (AvgIpc) is 2.87. The smallest absolute Gasteiger partial charge is 0.721 e. The summed E-state index contributed by atoms with van der Waals surface area (Å²) < 4.78 is 6.11. The summed E-state index contributed by atoms with van der Waals surface area (Å²) in [5.74, 6) is 0.619. The maximum atomic E-state index is 5.01. The zero-order chi connectivity index (χ0) is 24.9. The molecule has 0 unspecified atom stereocenters. The van der Waals surface area contributed by atoms with Crippen molar-refractivity contribution in [3.8, 4) is 5.75 Å². The van der Waals surface area contributed by atoms with Gasteiger partial charge in [0.25, 0.3) is 0 Å². The number of aromatic nitrogens is 1. The van der Waals surface area contributed by atoms with Crippen LogP contribution in [0.2, 0.25) is 0 Å². The van der Waals surface area contributed by atoms with Gasteiger partial charge in [-0.15, -0.1) is 30.1 Å². The van der Waals surface area contributed by atoms with Crippen LogP contribution in [0.3, 0.4) is 0 Å². The van der Waals surface area contributed by atoms with Crippen LogP contribution in [0.4, 0.5) is 5.69 Å². The van der Waals surface area contributed by atoms with E-state index in [-0.39, 0.29) is 37.7 Å². The van der Waals surface area contributed by atoms with Crippen molar-refractivity contribution in [3.05, 3.63) is 118 Å². The molecular formula is C30H35BrLi2N2O-4. The van der Waals surface area contributed by atoms with Crippen molar-refractivity contribution in [2.45, 2.75) is 32.1 Å². The van der Waals surface area contributed by atoms with Crippen LogP contribution < -0.4 is 47.4 Å². The van der Waals surface area contributed by atoms with Gasteiger partial charge in [-0.3, -0.25) is 4.98 Å². The zero-order valence-electron chi connectivity index (χ0n) is 22.1. The number of pyridine rings is 1. The summed E-state index contributed by atoms with van der Waals surface area (Å²) in [6, 6.07) is 13.8. The number of rotatable bonds is 5. The maximum absolute atomic E-state index is 5.01. The molecule has 2 aromatic carbocycles. The molecule has 0 atom stereocenters. The van der Waals surface area contributed by atoms with Gasteiger partial charge in [0, 0.05) is 16.4 Å². The van der Waals surface area contributed by atoms with E-state index >= 15 is 0 Å². The second kappa shape index (κ2) is 18.8. The minimum Gasteiger partial charge on any atom is -0.721 e. The van der Waals surface area contributed by atoms with Crippen LogP contribution >= 0.6 is 15.9 Å². The molecule has 36 heavy (non-hydrogen) atoms. The molecule has 6 heteroatoms. The summed E-state index contributed by atoms with van der Waals surface area (Å²) in [6.07, 6.45) is 10.5. The Hall–Kier alpha value is -1.40. The summed E-state index contributed by atoms with van der Waals surface area (Å²) in [7, 11) is 3.40. The monoisotopic (exact) mass is 532 g/mol. The number of halogens is 1. The number of hydrogen-bond acceptors (Lipinski definition) is 3. The molecule has 0 aliphatic heterocycles. The SMILES string of the molecule is [CH2-]CC1=CCCCC1.[CH2-]CN(C[CH2-])c1ccc(Br)cc1.[CH2-]Oc1c([CH2-])cc([CH2-])c2cccnc12.[Li+].[Li+]. The van der Waals surface area contributed by atoms with E-state index in [1.807, 2.05) is 30.3 Å². The predicted octanol–water partition coefficient (Wildman–Crippen LogP) is 2.41. The molecule has 1 heterocycles. The van der Waals surface area contributed by atoms with E-state index in [2.05, 4.69) is 85.8 Å². The molecule has 1 aliphatic rings. The van der Waals surface area contributed by atoms with Crippen molar-refractivity contribution in [2.75, 3.05) is 18.0 Å². The third-order valence-corrected chi connectivity index (χ3v) is 6.12. The number of fused-ring (bicyclic) bond motifs is 1. The standard InChI is InChI=1S/C12H10NO.C10H12BrN.C8H13.2Li/c1-8-7-9(2)12(14-3)11-10(8)5-4-6-13-11;1-3-12(4-2)10-7-5-9(11)6-8-10;1-2-8-6-4-3-5-7-8;;/h4-7H,1-3H2;5-8H,1-4H2;6H,1-5,7H2;;/q-3;-2;-1;2*+1. The Morgan fingerprint density at radius 3 is 2.11 bits per heavy atom. The first-order chi connectivity index (χ1) is 16.4. The Morgan fingerprint density at radius 2 is 1.61 bits per heavy atom. The molecule has 0 spiro atoms. The van der Waals surface area contributed by atoms with Crippen molar-refractivity contribution in [3.63, 3.8) is 0 Å². The Balaban J connectivity index is 0.000000514. The Bertz CT molecular complexity index is 1050. The second-order valence-corrected chi connectivity index (χ2v) is 8.81. The number of anilines is 1. The molecule has 0 fully saturated rings. The number of benzene rings is 2. The van der Waals surface area contributed by atoms with Gasteiger partial charge in [-0.25, -0.2) is 0 Å². The number of hydrogen-bond donors (Lipinski definition) is 0. The van der Waals surface area contributed by atoms with E-state index in [9.17, 15) is 0 Å². The van der Waals surface area contributed by atoms with Gasteiger partial charge in [-0.05, 0) is 61.2 Å². The number of ether oxygens (including phenoxy) is 1. The van der Waals surface area contributed by atoms with Gasteiger partial charge < -0.3 is 30.4 Å². The second-order valence-electron chi connectivity index (χ2n) is 7.89. The molecule has 0 bridgehead atoms. The largest absolute Gasteiger partial charge is 1.00 e. The fraction of sp³-hybridized carbons (Fsp3) is 0.233. The van der Waals surface area contributed by atoms with E-state index in [0.29, 0.717) is 5.75 Å². The average molecular weight is 533 g/mol. The summed E-state index contributed by atoms with van der Waals surface area (Å²) in [5.41, 5.74) is 5.16. The van der Waals surface area contributed by atoms with Gasteiger partial charge in [0.05, 0.1) is 0 Å². The van der Waals surface area contributed by atoms with Gasteiger partial charge >= 0.3 is 37.7 Å². The molecule has 1 aliphatic carbocycles. The third-order valence-electron chi connectivity index (χ3n) is 5.59. The normalized spacial score (nSPS) is 11.9. The van der Waals surface area contributed by atoms with Crippen LogP contribution in [0.5, 0.6) is 5.75 Å². The summed E-state index contributed by atoms with van der Waals surface area (Å²) in [4.78, 5) is 6.33. The van der Waals surface area contributed by atoms with Crippen molar-refractivity contribution in [1.29, 1.82) is 0 Å². The van der Waals surface area contributed by atoms with Crippen LogP contribution in [0.15, 0.2) is 64.8 Å². The van der Waals surface area contributed by atoms with Crippen molar-refractivity contribution in [2.24, 2.45) is 0 Å². The van der Waals surface area contributed by atoms with Crippen LogP contribution in [0.25, 0.3) is 10.9 Å². The van der Waals surface area contributed by atoms with Crippen molar-refractivity contribution in [1.82, 2.24) is 4.98 Å². The van der Waals surface area contributed by atoms with E-state index < -0.39 is 0 Å². The van der Waals surface area contributed by atoms with Gasteiger partial charge in [-0.2, -0.15) is 44.6 Å². The molecule has 184 valence electrons. The minimum atomic E-state index is 0. The molecule has 0 amide bonds. The van der Waals surface area contributed by atoms with Gasteiger partial charge in [-0.1, -0.05) is 28.1 Å². The fourth-order valence-electron chi connectivity index (χ4n) is 3.67. The Morgan fingerprint density at radius 1 is 0.944 bits per heavy atom. The van der Waals surface area contributed by atoms with E-state index in [1.165, 1.54) is 31.4 Å². The van der Waals surface area contributed by atoms with E-state index in [4.69, 9.17) is 4.74 Å². The summed E-state index contributed by atoms with van der Waals surface area (Å²) in [5, 5.41) is 0.971. The number of nitrogens with zero attached hydrogens (tertiary/aromatic N) is 2. The molecular weight excluding hydrogens is 498 g/mol. The molecule has 0 saturated heterocycles.